The van der Waals surface area contributed by atoms with Gasteiger partial charge in [-0.05, 0) is 0 Å². The molecule has 0 rings (SSSR count). The number of ether oxygens (including phenoxy) is 1. The van der Waals surface area contributed by atoms with Crippen LogP contribution in [0, 0.1) is 0 Å². The Balaban J connectivity index is 3.77. The molecule has 0 heterocycles. The Bertz CT molecular complexity index is 204. The number of nitrogens with two attached hydrogens (primary N) is 1. The highest BCUT2D eigenvalue weighted by atomic mass is 31.1. The molecule has 7 nitrogen and oxygen atoms in total. The van der Waals surface area contributed by atoms with Gasteiger partial charge in [-0.3, -0.25) is 0 Å². The van der Waals surface area contributed by atoms with E-state index in [1.165, 1.54) is 0 Å². The van der Waals surface area contributed by atoms with Crippen LogP contribution in [0.2, 0.25) is 0 Å². The number of hydrogen-bond acceptors (Lipinski definition) is 6. The average molecular weight is 196 g/mol. The maximum Gasteiger partial charge on any atom is 0.751 e. The molecule has 12 heavy (non-hydrogen) atoms. The Morgan fingerprint density at radius 1 is 1.42 bits per heavy atom. The van der Waals surface area contributed by atoms with Crippen LogP contribution in [0.4, 0.5) is 0 Å². The molecule has 0 saturated heterocycles. The first-order valence-electron chi connectivity index (χ1n) is 2.83. The van der Waals surface area contributed by atoms with Gasteiger partial charge in [-0.2, -0.15) is 4.52 Å². The summed E-state index contributed by atoms with van der Waals surface area (Å²) in [6, 6.07) is 0. The second kappa shape index (κ2) is 5.59. The summed E-state index contributed by atoms with van der Waals surface area (Å²) in [4.78, 5) is 28.9. The highest BCUT2D eigenvalue weighted by Crippen LogP contribution is 2.14. The van der Waals surface area contributed by atoms with Crippen LogP contribution >= 0.6 is 8.25 Å². The number of carbonyl (C=O) groups excluding carboxylic acids is 2. The van der Waals surface area contributed by atoms with E-state index >= 15 is 0 Å². The molecule has 1 atom stereocenters. The number of carbonyl (C=O) groups is 2. The number of esters is 1. The second-order valence-electron chi connectivity index (χ2n) is 1.54. The van der Waals surface area contributed by atoms with Gasteiger partial charge in [-0.25, -0.2) is 9.59 Å². The van der Waals surface area contributed by atoms with Crippen molar-refractivity contribution in [2.45, 2.75) is 0 Å². The summed E-state index contributed by atoms with van der Waals surface area (Å²) in [6.45, 7) is -0.0829. The lowest BCUT2D eigenvalue weighted by Crippen LogP contribution is -2.21. The van der Waals surface area contributed by atoms with Crippen molar-refractivity contribution in [1.29, 1.82) is 0 Å². The van der Waals surface area contributed by atoms with E-state index in [0.29, 0.717) is 0 Å². The number of rotatable bonds is 3. The van der Waals surface area contributed by atoms with E-state index in [0.717, 1.165) is 0 Å². The fraction of sp³-hybridized carbons (Fsp3) is 0.500. The van der Waals surface area contributed by atoms with Crippen LogP contribution < -0.4 is 5.73 Å². The van der Waals surface area contributed by atoms with Gasteiger partial charge in [0.15, 0.2) is 0 Å². The molecule has 0 amide bonds. The van der Waals surface area contributed by atoms with Crippen molar-refractivity contribution in [1.82, 2.24) is 0 Å². The molecule has 8 heteroatoms. The Morgan fingerprint density at radius 2 is 2.00 bits per heavy atom. The van der Waals surface area contributed by atoms with Crippen molar-refractivity contribution in [2.75, 3.05) is 13.2 Å². The average Bonchev–Trinajstić information content (AvgIpc) is 1.98. The summed E-state index contributed by atoms with van der Waals surface area (Å²) in [5.74, 6) is -2.84. The van der Waals surface area contributed by atoms with E-state index in [9.17, 15) is 14.2 Å². The lowest BCUT2D eigenvalue weighted by Gasteiger charge is -1.95. The quantitative estimate of drug-likeness (QED) is 0.326. The van der Waals surface area contributed by atoms with Gasteiger partial charge in [-0.15, -0.1) is 4.89 Å². The molecule has 0 fully saturated rings. The molecule has 0 aromatic heterocycles. The van der Waals surface area contributed by atoms with Gasteiger partial charge in [-0.1, -0.05) is 0 Å². The first-order valence-corrected chi connectivity index (χ1v) is 3.96. The highest BCUT2D eigenvalue weighted by Gasteiger charge is 2.28. The largest absolute Gasteiger partial charge is 0.751 e. The highest BCUT2D eigenvalue weighted by molar-refractivity contribution is 7.33. The van der Waals surface area contributed by atoms with Crippen molar-refractivity contribution in [3.8, 4) is 0 Å². The molecule has 0 aliphatic heterocycles. The number of hydrogen-bond donors (Lipinski definition) is 2. The first kappa shape index (κ1) is 11.0. The zero-order valence-electron chi connectivity index (χ0n) is 5.93. The predicted molar refractivity (Wildman–Crippen MR) is 35.9 cm³/mol. The molecule has 0 aliphatic rings. The lowest BCUT2D eigenvalue weighted by molar-refractivity contribution is -0.162. The van der Waals surface area contributed by atoms with Gasteiger partial charge in [0, 0.05) is 11.1 Å². The van der Waals surface area contributed by atoms with Crippen molar-refractivity contribution in [2.24, 2.45) is 5.73 Å². The third-order valence-electron chi connectivity index (χ3n) is 0.679. The lowest BCUT2D eigenvalue weighted by atomic mass is 10.7. The topological polar surface area (TPSA) is 116 Å². The van der Waals surface area contributed by atoms with Gasteiger partial charge in [0.2, 0.25) is 0 Å². The molecular weight excluding hydrogens is 189 g/mol. The first-order chi connectivity index (χ1) is 5.57. The van der Waals surface area contributed by atoms with Crippen molar-refractivity contribution >= 4 is 20.2 Å². The SMILES string of the molecule is NCCOC(=O)C(=O)O[P+](=O)O. The van der Waals surface area contributed by atoms with Gasteiger partial charge in [0.05, 0.1) is 0 Å². The van der Waals surface area contributed by atoms with Gasteiger partial charge < -0.3 is 10.5 Å². The maximum absolute atomic E-state index is 10.4. The van der Waals surface area contributed by atoms with Crippen molar-refractivity contribution in [3.05, 3.63) is 0 Å². The fourth-order valence-electron chi connectivity index (χ4n) is 0.319. The summed E-state index contributed by atoms with van der Waals surface area (Å²) in [5.41, 5.74) is 4.94. The van der Waals surface area contributed by atoms with Gasteiger partial charge in [0.25, 0.3) is 0 Å². The third kappa shape index (κ3) is 4.73. The molecule has 0 saturated carbocycles. The molecule has 0 radical (unpaired) electrons. The standard InChI is InChI=1S/C4H6NO6P/c5-1-2-10-3(6)4(7)11-12(8)9/h1-2,5H2/p+1. The van der Waals surface area contributed by atoms with Crippen LogP contribution in [0.3, 0.4) is 0 Å². The van der Waals surface area contributed by atoms with E-state index in [2.05, 4.69) is 9.26 Å². The fourth-order valence-corrected chi connectivity index (χ4v) is 0.535. The molecule has 0 aliphatic carbocycles. The van der Waals surface area contributed by atoms with Crippen molar-refractivity contribution in [3.63, 3.8) is 0 Å². The molecule has 0 bridgehead atoms. The summed E-state index contributed by atoms with van der Waals surface area (Å²) < 4.78 is 17.7. The van der Waals surface area contributed by atoms with Crippen LogP contribution in [0.25, 0.3) is 0 Å². The summed E-state index contributed by atoms with van der Waals surface area (Å²) in [7, 11) is -3.12. The summed E-state index contributed by atoms with van der Waals surface area (Å²) in [6.07, 6.45) is 0. The predicted octanol–water partition coefficient (Wildman–Crippen LogP) is -1.32. The van der Waals surface area contributed by atoms with E-state index in [1.807, 2.05) is 0 Å². The Labute approximate surface area is 68.4 Å². The Kier molecular flexibility index (Phi) is 5.11. The van der Waals surface area contributed by atoms with E-state index < -0.39 is 20.2 Å². The summed E-state index contributed by atoms with van der Waals surface area (Å²) in [5, 5.41) is 0. The third-order valence-corrected chi connectivity index (χ3v) is 1.00. The smallest absolute Gasteiger partial charge is 0.456 e. The normalized spacial score (nSPS) is 10.3. The molecule has 3 N–H and O–H groups in total. The molecule has 0 aromatic rings. The minimum atomic E-state index is -3.12. The minimum Gasteiger partial charge on any atom is -0.456 e. The van der Waals surface area contributed by atoms with E-state index in [-0.39, 0.29) is 13.2 Å². The molecule has 0 aromatic carbocycles. The summed E-state index contributed by atoms with van der Waals surface area (Å²) >= 11 is 0. The van der Waals surface area contributed by atoms with Gasteiger partial charge in [0.1, 0.15) is 6.61 Å². The molecule has 1 unspecified atom stereocenters. The molecule has 0 spiro atoms. The van der Waals surface area contributed by atoms with Crippen LogP contribution in [0.15, 0.2) is 0 Å². The van der Waals surface area contributed by atoms with E-state index in [1.54, 1.807) is 0 Å². The Morgan fingerprint density at radius 3 is 2.42 bits per heavy atom. The molecule has 68 valence electrons. The van der Waals surface area contributed by atoms with Crippen LogP contribution in [0.5, 0.6) is 0 Å². The van der Waals surface area contributed by atoms with Gasteiger partial charge >= 0.3 is 20.2 Å². The van der Waals surface area contributed by atoms with Crippen LogP contribution in [-0.4, -0.2) is 30.0 Å². The van der Waals surface area contributed by atoms with Crippen molar-refractivity contribution < 1.29 is 28.3 Å². The van der Waals surface area contributed by atoms with E-state index in [4.69, 9.17) is 10.6 Å². The second-order valence-corrected chi connectivity index (χ2v) is 2.20. The molecular formula is C4H7NO6P+. The van der Waals surface area contributed by atoms with Crippen LogP contribution in [0.1, 0.15) is 0 Å². The zero-order chi connectivity index (χ0) is 9.56. The zero-order valence-corrected chi connectivity index (χ0v) is 6.82. The van der Waals surface area contributed by atoms with Crippen LogP contribution in [-0.2, 0) is 23.4 Å². The maximum atomic E-state index is 10.4. The minimum absolute atomic E-state index is 0.0598. The monoisotopic (exact) mass is 196 g/mol. The Hall–Kier alpha value is -1.04.